The molecule has 1 aliphatic rings. The number of ether oxygens (including phenoxy) is 1. The highest BCUT2D eigenvalue weighted by Gasteiger charge is 2.20. The first kappa shape index (κ1) is 11.6. The molecule has 16 heavy (non-hydrogen) atoms. The monoisotopic (exact) mass is 220 g/mol. The van der Waals surface area contributed by atoms with Crippen molar-refractivity contribution in [3.8, 4) is 0 Å². The maximum Gasteiger partial charge on any atom is 0.0586 e. The van der Waals surface area contributed by atoms with Crippen molar-refractivity contribution in [3.63, 3.8) is 0 Å². The third kappa shape index (κ3) is 3.29. The predicted octanol–water partition coefficient (Wildman–Crippen LogP) is 2.13. The quantitative estimate of drug-likeness (QED) is 0.844. The van der Waals surface area contributed by atoms with Gasteiger partial charge in [-0.05, 0) is 37.3 Å². The van der Waals surface area contributed by atoms with Crippen LogP contribution in [0.1, 0.15) is 31.2 Å². The molecule has 0 aliphatic heterocycles. The Balaban J connectivity index is 1.77. The van der Waals surface area contributed by atoms with Crippen LogP contribution in [0.5, 0.6) is 0 Å². The van der Waals surface area contributed by atoms with Crippen molar-refractivity contribution in [1.29, 1.82) is 0 Å². The van der Waals surface area contributed by atoms with Gasteiger partial charge in [0.25, 0.3) is 0 Å². The van der Waals surface area contributed by atoms with Crippen LogP contribution in [-0.4, -0.2) is 24.2 Å². The van der Waals surface area contributed by atoms with Crippen molar-refractivity contribution in [2.24, 2.45) is 0 Å². The molecule has 88 valence electrons. The normalized spacial score (nSPS) is 25.6. The number of nitrogens with zero attached hydrogens (tertiary/aromatic N) is 1. The van der Waals surface area contributed by atoms with Crippen molar-refractivity contribution in [3.05, 3.63) is 30.1 Å². The Morgan fingerprint density at radius 1 is 1.50 bits per heavy atom. The summed E-state index contributed by atoms with van der Waals surface area (Å²) in [7, 11) is 1.81. The third-order valence-electron chi connectivity index (χ3n) is 3.28. The molecule has 3 nitrogen and oxygen atoms in total. The third-order valence-corrected chi connectivity index (χ3v) is 3.28. The van der Waals surface area contributed by atoms with E-state index in [0.29, 0.717) is 12.1 Å². The standard InChI is InChI=1S/C13H20N2O/c1-16-13-6-2-5-12(8-13)15-10-11-4-3-7-14-9-11/h3-4,7,9,12-13,15H,2,5-6,8,10H2,1H3. The van der Waals surface area contributed by atoms with Crippen LogP contribution >= 0.6 is 0 Å². The second-order valence-corrected chi connectivity index (χ2v) is 4.46. The molecule has 1 aliphatic carbocycles. The zero-order valence-corrected chi connectivity index (χ0v) is 9.86. The van der Waals surface area contributed by atoms with Gasteiger partial charge >= 0.3 is 0 Å². The Labute approximate surface area is 97.2 Å². The zero-order chi connectivity index (χ0) is 11.2. The molecule has 1 heterocycles. The number of rotatable bonds is 4. The molecule has 0 spiro atoms. The fourth-order valence-corrected chi connectivity index (χ4v) is 2.31. The first-order valence-electron chi connectivity index (χ1n) is 6.03. The van der Waals surface area contributed by atoms with Crippen LogP contribution in [0.2, 0.25) is 0 Å². The molecule has 3 heteroatoms. The molecule has 2 unspecified atom stereocenters. The molecule has 1 aromatic heterocycles. The number of hydrogen-bond acceptors (Lipinski definition) is 3. The lowest BCUT2D eigenvalue weighted by molar-refractivity contribution is 0.0586. The Morgan fingerprint density at radius 2 is 2.44 bits per heavy atom. The Kier molecular flexibility index (Phi) is 4.31. The Bertz CT molecular complexity index is 302. The van der Waals surface area contributed by atoms with Crippen molar-refractivity contribution in [2.75, 3.05) is 7.11 Å². The second-order valence-electron chi connectivity index (χ2n) is 4.46. The highest BCUT2D eigenvalue weighted by Crippen LogP contribution is 2.20. The van der Waals surface area contributed by atoms with Gasteiger partial charge in [0.2, 0.25) is 0 Å². The summed E-state index contributed by atoms with van der Waals surface area (Å²) < 4.78 is 5.42. The van der Waals surface area contributed by atoms with Gasteiger partial charge in [-0.2, -0.15) is 0 Å². The van der Waals surface area contributed by atoms with Gasteiger partial charge < -0.3 is 10.1 Å². The lowest BCUT2D eigenvalue weighted by Crippen LogP contribution is -2.36. The van der Waals surface area contributed by atoms with E-state index in [2.05, 4.69) is 16.4 Å². The van der Waals surface area contributed by atoms with Crippen LogP contribution in [-0.2, 0) is 11.3 Å². The van der Waals surface area contributed by atoms with E-state index in [0.717, 1.165) is 13.0 Å². The number of aromatic nitrogens is 1. The largest absolute Gasteiger partial charge is 0.381 e. The maximum atomic E-state index is 5.42. The average molecular weight is 220 g/mol. The van der Waals surface area contributed by atoms with Crippen LogP contribution in [0.4, 0.5) is 0 Å². The number of hydrogen-bond donors (Lipinski definition) is 1. The SMILES string of the molecule is COC1CCCC(NCc2cccnc2)C1. The van der Waals surface area contributed by atoms with Crippen molar-refractivity contribution in [1.82, 2.24) is 10.3 Å². The lowest BCUT2D eigenvalue weighted by atomic mass is 9.93. The average Bonchev–Trinajstić information content (AvgIpc) is 2.38. The van der Waals surface area contributed by atoms with Crippen molar-refractivity contribution in [2.45, 2.75) is 44.4 Å². The van der Waals surface area contributed by atoms with Gasteiger partial charge in [0.1, 0.15) is 0 Å². The van der Waals surface area contributed by atoms with Gasteiger partial charge in [-0.3, -0.25) is 4.98 Å². The summed E-state index contributed by atoms with van der Waals surface area (Å²) in [5.74, 6) is 0. The molecule has 0 amide bonds. The molecule has 2 rings (SSSR count). The van der Waals surface area contributed by atoms with E-state index in [9.17, 15) is 0 Å². The summed E-state index contributed by atoms with van der Waals surface area (Å²) in [6.45, 7) is 0.912. The minimum absolute atomic E-state index is 0.445. The smallest absolute Gasteiger partial charge is 0.0586 e. The van der Waals surface area contributed by atoms with E-state index in [1.807, 2.05) is 25.6 Å². The first-order chi connectivity index (χ1) is 7.88. The number of nitrogens with one attached hydrogen (secondary N) is 1. The van der Waals surface area contributed by atoms with Gasteiger partial charge in [-0.15, -0.1) is 0 Å². The number of methoxy groups -OCH3 is 1. The van der Waals surface area contributed by atoms with Crippen molar-refractivity contribution >= 4 is 0 Å². The highest BCUT2D eigenvalue weighted by molar-refractivity contribution is 5.08. The molecular weight excluding hydrogens is 200 g/mol. The van der Waals surface area contributed by atoms with Gasteiger partial charge in [0.05, 0.1) is 6.10 Å². The van der Waals surface area contributed by atoms with Crippen LogP contribution in [0.3, 0.4) is 0 Å². The molecule has 0 radical (unpaired) electrons. The molecule has 0 bridgehead atoms. The van der Waals surface area contributed by atoms with E-state index in [-0.39, 0.29) is 0 Å². The minimum Gasteiger partial charge on any atom is -0.381 e. The maximum absolute atomic E-state index is 5.42. The molecule has 2 atom stereocenters. The molecule has 1 aromatic rings. The molecule has 1 saturated carbocycles. The predicted molar refractivity (Wildman–Crippen MR) is 64.1 cm³/mol. The fourth-order valence-electron chi connectivity index (χ4n) is 2.31. The van der Waals surface area contributed by atoms with E-state index in [4.69, 9.17) is 4.74 Å². The van der Waals surface area contributed by atoms with Crippen LogP contribution in [0.25, 0.3) is 0 Å². The van der Waals surface area contributed by atoms with E-state index in [1.165, 1.54) is 24.8 Å². The van der Waals surface area contributed by atoms with E-state index in [1.54, 1.807) is 0 Å². The highest BCUT2D eigenvalue weighted by atomic mass is 16.5. The summed E-state index contributed by atoms with van der Waals surface area (Å²) in [6, 6.07) is 4.69. The van der Waals surface area contributed by atoms with Crippen LogP contribution in [0.15, 0.2) is 24.5 Å². The van der Waals surface area contributed by atoms with E-state index >= 15 is 0 Å². The summed E-state index contributed by atoms with van der Waals surface area (Å²) in [5, 5.41) is 3.58. The van der Waals surface area contributed by atoms with Gasteiger partial charge in [-0.1, -0.05) is 6.07 Å². The topological polar surface area (TPSA) is 34.1 Å². The minimum atomic E-state index is 0.445. The molecular formula is C13H20N2O. The molecule has 1 fully saturated rings. The van der Waals surface area contributed by atoms with Crippen LogP contribution < -0.4 is 5.32 Å². The summed E-state index contributed by atoms with van der Waals surface area (Å²) >= 11 is 0. The van der Waals surface area contributed by atoms with E-state index < -0.39 is 0 Å². The fraction of sp³-hybridized carbons (Fsp3) is 0.615. The Morgan fingerprint density at radius 3 is 3.19 bits per heavy atom. The summed E-state index contributed by atoms with van der Waals surface area (Å²) in [5.41, 5.74) is 1.25. The van der Waals surface area contributed by atoms with Gasteiger partial charge in [0, 0.05) is 32.1 Å². The molecule has 1 N–H and O–H groups in total. The van der Waals surface area contributed by atoms with Gasteiger partial charge in [0.15, 0.2) is 0 Å². The molecule has 0 aromatic carbocycles. The summed E-state index contributed by atoms with van der Waals surface area (Å²) in [6.07, 6.45) is 9.05. The van der Waals surface area contributed by atoms with Crippen LogP contribution in [0, 0.1) is 0 Å². The molecule has 0 saturated heterocycles. The van der Waals surface area contributed by atoms with Gasteiger partial charge in [-0.25, -0.2) is 0 Å². The second kappa shape index (κ2) is 5.97. The lowest BCUT2D eigenvalue weighted by Gasteiger charge is -2.28. The zero-order valence-electron chi connectivity index (χ0n) is 9.86. The summed E-state index contributed by atoms with van der Waals surface area (Å²) in [4.78, 5) is 4.11. The number of pyridine rings is 1. The first-order valence-corrected chi connectivity index (χ1v) is 6.03. The Hall–Kier alpha value is -0.930. The van der Waals surface area contributed by atoms with Crippen molar-refractivity contribution < 1.29 is 4.74 Å².